The number of hydrogen-bond donors (Lipinski definition) is 1. The molecular weight excluding hydrogens is 405 g/mol. The Labute approximate surface area is 178 Å². The molecule has 162 valence electrons. The number of benzene rings is 2. The second-order valence-electron chi connectivity index (χ2n) is 8.24. The second-order valence-corrected chi connectivity index (χ2v) is 8.24. The highest BCUT2D eigenvalue weighted by atomic mass is 19.3. The van der Waals surface area contributed by atoms with E-state index in [1.807, 2.05) is 12.1 Å². The molecule has 2 unspecified atom stereocenters. The lowest BCUT2D eigenvalue weighted by molar-refractivity contribution is 0.0305. The molecule has 3 atom stereocenters. The Balaban J connectivity index is 1.45. The molecule has 0 saturated carbocycles. The van der Waals surface area contributed by atoms with Crippen molar-refractivity contribution in [2.45, 2.75) is 44.4 Å². The van der Waals surface area contributed by atoms with Gasteiger partial charge in [-0.2, -0.15) is 10.2 Å². The minimum atomic E-state index is -2.86. The SMILES string of the molecule is C[C@@H](Nc1cnnc2ccc(N3CC4CCC(C3)O4)cc12)c1cccc(C(F)F)c1F. The van der Waals surface area contributed by atoms with Crippen LogP contribution in [0.3, 0.4) is 0 Å². The van der Waals surface area contributed by atoms with Gasteiger partial charge in [0.25, 0.3) is 6.43 Å². The molecule has 2 saturated heterocycles. The van der Waals surface area contributed by atoms with Crippen molar-refractivity contribution < 1.29 is 17.9 Å². The third-order valence-corrected chi connectivity index (χ3v) is 6.16. The zero-order valence-electron chi connectivity index (χ0n) is 17.1. The number of nitrogens with zero attached hydrogens (tertiary/aromatic N) is 3. The van der Waals surface area contributed by atoms with E-state index in [1.54, 1.807) is 13.1 Å². The van der Waals surface area contributed by atoms with E-state index >= 15 is 0 Å². The first-order chi connectivity index (χ1) is 15.0. The maximum Gasteiger partial charge on any atom is 0.266 e. The number of ether oxygens (including phenoxy) is 1. The number of alkyl halides is 2. The number of nitrogens with one attached hydrogen (secondary N) is 1. The predicted octanol–water partition coefficient (Wildman–Crippen LogP) is 5.25. The van der Waals surface area contributed by atoms with Gasteiger partial charge in [0.05, 0.1) is 41.2 Å². The van der Waals surface area contributed by atoms with Crippen LogP contribution in [0.25, 0.3) is 10.9 Å². The van der Waals surface area contributed by atoms with Gasteiger partial charge in [-0.15, -0.1) is 0 Å². The fraction of sp³-hybridized carbons (Fsp3) is 0.391. The number of fused-ring (bicyclic) bond motifs is 3. The van der Waals surface area contributed by atoms with E-state index in [0.29, 0.717) is 11.2 Å². The van der Waals surface area contributed by atoms with Gasteiger partial charge < -0.3 is 15.0 Å². The Morgan fingerprint density at radius 2 is 1.84 bits per heavy atom. The summed E-state index contributed by atoms with van der Waals surface area (Å²) in [5.74, 6) is -0.881. The zero-order chi connectivity index (χ0) is 21.5. The molecule has 3 aromatic rings. The molecule has 1 aromatic heterocycles. The molecule has 2 aliphatic heterocycles. The summed E-state index contributed by atoms with van der Waals surface area (Å²) < 4.78 is 46.7. The number of morpholine rings is 1. The smallest absolute Gasteiger partial charge is 0.266 e. The van der Waals surface area contributed by atoms with Crippen LogP contribution in [0.5, 0.6) is 0 Å². The van der Waals surface area contributed by atoms with E-state index in [2.05, 4.69) is 26.5 Å². The van der Waals surface area contributed by atoms with Crippen molar-refractivity contribution in [3.8, 4) is 0 Å². The van der Waals surface area contributed by atoms with Crippen molar-refractivity contribution in [1.82, 2.24) is 10.2 Å². The lowest BCUT2D eigenvalue weighted by Crippen LogP contribution is -2.42. The molecule has 8 heteroatoms. The Kier molecular flexibility index (Phi) is 5.17. The number of hydrogen-bond acceptors (Lipinski definition) is 5. The lowest BCUT2D eigenvalue weighted by Gasteiger charge is -2.34. The molecule has 0 spiro atoms. The van der Waals surface area contributed by atoms with Crippen LogP contribution in [0.2, 0.25) is 0 Å². The van der Waals surface area contributed by atoms with Crippen molar-refractivity contribution in [2.75, 3.05) is 23.3 Å². The molecule has 2 bridgehead atoms. The summed E-state index contributed by atoms with van der Waals surface area (Å²) in [6, 6.07) is 9.55. The highest BCUT2D eigenvalue weighted by molar-refractivity contribution is 5.93. The van der Waals surface area contributed by atoms with Crippen molar-refractivity contribution in [2.24, 2.45) is 0 Å². The topological polar surface area (TPSA) is 50.3 Å². The first-order valence-electron chi connectivity index (χ1n) is 10.5. The number of rotatable bonds is 5. The van der Waals surface area contributed by atoms with E-state index in [4.69, 9.17) is 4.74 Å². The van der Waals surface area contributed by atoms with Crippen LogP contribution in [0.15, 0.2) is 42.6 Å². The lowest BCUT2D eigenvalue weighted by atomic mass is 10.0. The Morgan fingerprint density at radius 1 is 1.10 bits per heavy atom. The molecule has 5 rings (SSSR count). The summed E-state index contributed by atoms with van der Waals surface area (Å²) in [4.78, 5) is 2.32. The summed E-state index contributed by atoms with van der Waals surface area (Å²) in [6.07, 6.45) is 1.45. The Hall–Kier alpha value is -2.87. The summed E-state index contributed by atoms with van der Waals surface area (Å²) >= 11 is 0. The summed E-state index contributed by atoms with van der Waals surface area (Å²) in [5.41, 5.74) is 2.05. The van der Waals surface area contributed by atoms with Crippen molar-refractivity contribution in [3.05, 3.63) is 59.5 Å². The van der Waals surface area contributed by atoms with Crippen LogP contribution in [0.4, 0.5) is 24.5 Å². The highest BCUT2D eigenvalue weighted by Gasteiger charge is 2.33. The molecule has 0 radical (unpaired) electrons. The van der Waals surface area contributed by atoms with Gasteiger partial charge in [0.2, 0.25) is 0 Å². The molecule has 31 heavy (non-hydrogen) atoms. The molecular formula is C23H23F3N4O. The minimum Gasteiger partial charge on any atom is -0.377 e. The Morgan fingerprint density at radius 3 is 2.58 bits per heavy atom. The predicted molar refractivity (Wildman–Crippen MR) is 113 cm³/mol. The minimum absolute atomic E-state index is 0.184. The van der Waals surface area contributed by atoms with Crippen LogP contribution >= 0.6 is 0 Å². The summed E-state index contributed by atoms with van der Waals surface area (Å²) in [5, 5.41) is 12.3. The quantitative estimate of drug-likeness (QED) is 0.602. The fourth-order valence-corrected chi connectivity index (χ4v) is 4.57. The molecule has 0 aliphatic carbocycles. The van der Waals surface area contributed by atoms with Crippen molar-refractivity contribution in [1.29, 1.82) is 0 Å². The van der Waals surface area contributed by atoms with Crippen molar-refractivity contribution >= 4 is 22.3 Å². The van der Waals surface area contributed by atoms with E-state index < -0.39 is 23.8 Å². The zero-order valence-corrected chi connectivity index (χ0v) is 17.1. The number of anilines is 2. The average molecular weight is 428 g/mol. The van der Waals surface area contributed by atoms with Gasteiger partial charge in [-0.1, -0.05) is 18.2 Å². The highest BCUT2D eigenvalue weighted by Crippen LogP contribution is 2.34. The molecule has 5 nitrogen and oxygen atoms in total. The van der Waals surface area contributed by atoms with Gasteiger partial charge in [-0.25, -0.2) is 13.2 Å². The first kappa shape index (κ1) is 20.1. The van der Waals surface area contributed by atoms with E-state index in [9.17, 15) is 13.2 Å². The molecule has 1 N–H and O–H groups in total. The van der Waals surface area contributed by atoms with E-state index in [1.165, 1.54) is 12.1 Å². The van der Waals surface area contributed by atoms with E-state index in [-0.39, 0.29) is 17.8 Å². The third kappa shape index (κ3) is 3.80. The maximum atomic E-state index is 14.6. The van der Waals surface area contributed by atoms with Gasteiger partial charge in [-0.3, -0.25) is 0 Å². The third-order valence-electron chi connectivity index (χ3n) is 6.16. The largest absolute Gasteiger partial charge is 0.377 e. The van der Waals surface area contributed by atoms with Gasteiger partial charge in [0, 0.05) is 29.7 Å². The van der Waals surface area contributed by atoms with Crippen LogP contribution in [-0.4, -0.2) is 35.5 Å². The number of halogens is 3. The van der Waals surface area contributed by atoms with Gasteiger partial charge in [0.1, 0.15) is 5.82 Å². The average Bonchev–Trinajstić information content (AvgIpc) is 3.11. The van der Waals surface area contributed by atoms with Crippen LogP contribution in [-0.2, 0) is 4.74 Å². The summed E-state index contributed by atoms with van der Waals surface area (Å²) in [7, 11) is 0. The normalized spacial score (nSPS) is 21.6. The van der Waals surface area contributed by atoms with Gasteiger partial charge >= 0.3 is 0 Å². The van der Waals surface area contributed by atoms with Gasteiger partial charge in [-0.05, 0) is 38.0 Å². The molecule has 0 amide bonds. The Bertz CT molecular complexity index is 1100. The standard InChI is InChI=1S/C23H23F3N4O/c1-13(17-3-2-4-18(22(17)24)23(25)26)28-21-10-27-29-20-8-5-14(9-19(20)21)30-11-15-6-7-16(12-30)31-15/h2-5,8-10,13,15-16,23H,6-7,11-12H2,1H3,(H,28,29)/t13-,15?,16?/m1/s1. The van der Waals surface area contributed by atoms with Crippen LogP contribution < -0.4 is 10.2 Å². The number of aromatic nitrogens is 2. The molecule has 3 heterocycles. The van der Waals surface area contributed by atoms with E-state index in [0.717, 1.165) is 43.1 Å². The van der Waals surface area contributed by atoms with Crippen LogP contribution in [0.1, 0.15) is 43.4 Å². The summed E-state index contributed by atoms with van der Waals surface area (Å²) in [6.45, 7) is 3.44. The fourth-order valence-electron chi connectivity index (χ4n) is 4.57. The maximum absolute atomic E-state index is 14.6. The van der Waals surface area contributed by atoms with Crippen LogP contribution in [0, 0.1) is 5.82 Å². The van der Waals surface area contributed by atoms with Crippen molar-refractivity contribution in [3.63, 3.8) is 0 Å². The monoisotopic (exact) mass is 428 g/mol. The first-order valence-corrected chi connectivity index (χ1v) is 10.5. The van der Waals surface area contributed by atoms with Gasteiger partial charge in [0.15, 0.2) is 0 Å². The molecule has 2 aromatic carbocycles. The second kappa shape index (κ2) is 8.00. The molecule has 2 aliphatic rings. The molecule has 2 fully saturated rings.